The number of halogens is 1. The minimum Gasteiger partial charge on any atom is -0.464 e. The van der Waals surface area contributed by atoms with E-state index >= 15 is 0 Å². The van der Waals surface area contributed by atoms with Gasteiger partial charge in [0.15, 0.2) is 0 Å². The lowest BCUT2D eigenvalue weighted by Crippen LogP contribution is -2.32. The van der Waals surface area contributed by atoms with Crippen LogP contribution in [0.2, 0.25) is 0 Å². The van der Waals surface area contributed by atoms with Crippen molar-refractivity contribution in [1.29, 1.82) is 5.26 Å². The Bertz CT molecular complexity index is 237. The van der Waals surface area contributed by atoms with Gasteiger partial charge in [0.1, 0.15) is 0 Å². The molecule has 0 saturated heterocycles. The lowest BCUT2D eigenvalue weighted by atomic mass is 10.0. The molecular weight excluding hydrogens is 258 g/mol. The Morgan fingerprint density at radius 1 is 1.40 bits per heavy atom. The van der Waals surface area contributed by atoms with Crippen LogP contribution in [-0.4, -0.2) is 16.9 Å². The number of carbonyl (C=O) groups is 1. The summed E-state index contributed by atoms with van der Waals surface area (Å²) >= 11 is 3.17. The number of hydrogen-bond donors (Lipinski definition) is 0. The largest absolute Gasteiger partial charge is 0.464 e. The molecule has 0 aliphatic rings. The molecule has 4 heteroatoms. The number of alkyl halides is 1. The van der Waals surface area contributed by atoms with Gasteiger partial charge in [-0.2, -0.15) is 5.26 Å². The Morgan fingerprint density at radius 2 is 2.07 bits per heavy atom. The second-order valence-corrected chi connectivity index (χ2v) is 4.80. The van der Waals surface area contributed by atoms with Crippen LogP contribution >= 0.6 is 15.9 Å². The van der Waals surface area contributed by atoms with Gasteiger partial charge in [0.2, 0.25) is 4.32 Å². The maximum Gasteiger partial charge on any atom is 0.337 e. The summed E-state index contributed by atoms with van der Waals surface area (Å²) in [5, 5.41) is 8.94. The van der Waals surface area contributed by atoms with Crippen molar-refractivity contribution in [1.82, 2.24) is 0 Å². The molecule has 0 spiro atoms. The second-order valence-electron chi connectivity index (χ2n) is 3.44. The first kappa shape index (κ1) is 14.4. The summed E-state index contributed by atoms with van der Waals surface area (Å²) in [5.41, 5.74) is 0. The maximum absolute atomic E-state index is 11.5. The molecule has 0 aromatic rings. The van der Waals surface area contributed by atoms with E-state index in [4.69, 9.17) is 10.00 Å². The quantitative estimate of drug-likeness (QED) is 0.407. The van der Waals surface area contributed by atoms with Crippen LogP contribution in [0.25, 0.3) is 0 Å². The van der Waals surface area contributed by atoms with Gasteiger partial charge in [-0.3, -0.25) is 0 Å². The predicted octanol–water partition coefficient (Wildman–Crippen LogP) is 3.18. The molecule has 0 amide bonds. The highest BCUT2D eigenvalue weighted by atomic mass is 79.9. The highest BCUT2D eigenvalue weighted by Gasteiger charge is 2.36. The number of unbranched alkanes of at least 4 members (excludes halogenated alkanes) is 3. The third-order valence-electron chi connectivity index (χ3n) is 2.15. The van der Waals surface area contributed by atoms with Crippen molar-refractivity contribution in [3.63, 3.8) is 0 Å². The van der Waals surface area contributed by atoms with Gasteiger partial charge in [0.05, 0.1) is 12.7 Å². The number of hydrogen-bond acceptors (Lipinski definition) is 3. The van der Waals surface area contributed by atoms with E-state index in [1.807, 2.05) is 6.07 Å². The number of nitriles is 1. The van der Waals surface area contributed by atoms with Crippen molar-refractivity contribution in [3.05, 3.63) is 0 Å². The first-order valence-electron chi connectivity index (χ1n) is 5.38. The van der Waals surface area contributed by atoms with Gasteiger partial charge in [-0.1, -0.05) is 48.5 Å². The zero-order valence-electron chi connectivity index (χ0n) is 9.38. The normalized spacial score (nSPS) is 14.0. The summed E-state index contributed by atoms with van der Waals surface area (Å²) in [5.74, 6) is -0.469. The van der Waals surface area contributed by atoms with E-state index in [9.17, 15) is 4.79 Å². The number of esters is 1. The standard InChI is InChI=1S/C11H18BrNO2/c1-3-5-6-7-8-11(12,9-13)10(14)15-4-2/h3-8H2,1-2H3. The second kappa shape index (κ2) is 7.70. The van der Waals surface area contributed by atoms with Crippen molar-refractivity contribution in [2.45, 2.75) is 50.3 Å². The molecule has 0 radical (unpaired) electrons. The Kier molecular flexibility index (Phi) is 7.41. The minimum absolute atomic E-state index is 0.308. The van der Waals surface area contributed by atoms with Crippen LogP contribution in [0.4, 0.5) is 0 Å². The van der Waals surface area contributed by atoms with Crippen molar-refractivity contribution in [2.75, 3.05) is 6.61 Å². The van der Waals surface area contributed by atoms with E-state index in [1.165, 1.54) is 0 Å². The molecule has 0 heterocycles. The zero-order valence-corrected chi connectivity index (χ0v) is 11.0. The van der Waals surface area contributed by atoms with Crippen LogP contribution in [0.3, 0.4) is 0 Å². The number of ether oxygens (including phenoxy) is 1. The van der Waals surface area contributed by atoms with E-state index in [1.54, 1.807) is 6.92 Å². The van der Waals surface area contributed by atoms with Crippen LogP contribution in [0.15, 0.2) is 0 Å². The smallest absolute Gasteiger partial charge is 0.337 e. The maximum atomic E-state index is 11.5. The van der Waals surface area contributed by atoms with Crippen molar-refractivity contribution < 1.29 is 9.53 Å². The van der Waals surface area contributed by atoms with Gasteiger partial charge in [-0.25, -0.2) is 4.79 Å². The van der Waals surface area contributed by atoms with E-state index in [0.29, 0.717) is 13.0 Å². The van der Waals surface area contributed by atoms with E-state index in [2.05, 4.69) is 22.9 Å². The van der Waals surface area contributed by atoms with E-state index in [0.717, 1.165) is 25.7 Å². The van der Waals surface area contributed by atoms with Crippen LogP contribution in [0.1, 0.15) is 46.0 Å². The summed E-state index contributed by atoms with van der Waals surface area (Å²) in [6.07, 6.45) is 4.71. The molecule has 0 aliphatic heterocycles. The Labute approximate surface area is 99.9 Å². The molecule has 1 unspecified atom stereocenters. The van der Waals surface area contributed by atoms with Crippen LogP contribution < -0.4 is 0 Å². The minimum atomic E-state index is -1.14. The van der Waals surface area contributed by atoms with Gasteiger partial charge >= 0.3 is 5.97 Å². The van der Waals surface area contributed by atoms with Crippen molar-refractivity contribution in [3.8, 4) is 6.07 Å². The van der Waals surface area contributed by atoms with E-state index < -0.39 is 10.3 Å². The number of carbonyl (C=O) groups excluding carboxylic acids is 1. The Hall–Kier alpha value is -0.560. The van der Waals surface area contributed by atoms with Crippen LogP contribution in [0.5, 0.6) is 0 Å². The molecule has 0 aromatic carbocycles. The lowest BCUT2D eigenvalue weighted by molar-refractivity contribution is -0.144. The summed E-state index contributed by atoms with van der Waals surface area (Å²) in [6, 6.07) is 1.98. The SMILES string of the molecule is CCCCCCC(Br)(C#N)C(=O)OCC. The predicted molar refractivity (Wildman–Crippen MR) is 62.7 cm³/mol. The molecule has 86 valence electrons. The summed E-state index contributed by atoms with van der Waals surface area (Å²) in [4.78, 5) is 11.5. The molecular formula is C11H18BrNO2. The molecule has 0 saturated carbocycles. The molecule has 3 nitrogen and oxygen atoms in total. The third-order valence-corrected chi connectivity index (χ3v) is 3.05. The van der Waals surface area contributed by atoms with Gasteiger partial charge in [0.25, 0.3) is 0 Å². The van der Waals surface area contributed by atoms with Crippen LogP contribution in [0, 0.1) is 11.3 Å². The summed E-state index contributed by atoms with van der Waals surface area (Å²) < 4.78 is 3.70. The highest BCUT2D eigenvalue weighted by molar-refractivity contribution is 9.10. The summed E-state index contributed by atoms with van der Waals surface area (Å²) in [6.45, 7) is 4.17. The molecule has 0 rings (SSSR count). The van der Waals surface area contributed by atoms with Gasteiger partial charge < -0.3 is 4.74 Å². The number of rotatable bonds is 7. The molecule has 0 bridgehead atoms. The third kappa shape index (κ3) is 5.17. The zero-order chi connectivity index (χ0) is 11.7. The molecule has 0 aliphatic carbocycles. The Morgan fingerprint density at radius 3 is 2.53 bits per heavy atom. The highest BCUT2D eigenvalue weighted by Crippen LogP contribution is 2.26. The first-order valence-corrected chi connectivity index (χ1v) is 6.17. The van der Waals surface area contributed by atoms with Crippen molar-refractivity contribution in [2.24, 2.45) is 0 Å². The molecule has 0 fully saturated rings. The summed E-state index contributed by atoms with van der Waals surface area (Å²) in [7, 11) is 0. The fourth-order valence-electron chi connectivity index (χ4n) is 1.24. The van der Waals surface area contributed by atoms with Gasteiger partial charge in [0, 0.05) is 0 Å². The topological polar surface area (TPSA) is 50.1 Å². The van der Waals surface area contributed by atoms with E-state index in [-0.39, 0.29) is 0 Å². The van der Waals surface area contributed by atoms with Crippen LogP contribution in [-0.2, 0) is 9.53 Å². The monoisotopic (exact) mass is 275 g/mol. The lowest BCUT2D eigenvalue weighted by Gasteiger charge is -2.16. The van der Waals surface area contributed by atoms with Gasteiger partial charge in [-0.15, -0.1) is 0 Å². The van der Waals surface area contributed by atoms with Crippen molar-refractivity contribution >= 4 is 21.9 Å². The fourth-order valence-corrected chi connectivity index (χ4v) is 1.64. The van der Waals surface area contributed by atoms with Gasteiger partial charge in [-0.05, 0) is 13.3 Å². The number of nitrogens with zero attached hydrogens (tertiary/aromatic N) is 1. The Balaban J connectivity index is 4.08. The average Bonchev–Trinajstić information content (AvgIpc) is 2.24. The molecule has 15 heavy (non-hydrogen) atoms. The molecule has 0 aromatic heterocycles. The fraction of sp³-hybridized carbons (Fsp3) is 0.818. The molecule has 1 atom stereocenters. The average molecular weight is 276 g/mol. The first-order chi connectivity index (χ1) is 7.10. The molecule has 0 N–H and O–H groups in total.